The van der Waals surface area contributed by atoms with E-state index >= 15 is 0 Å². The van der Waals surface area contributed by atoms with E-state index in [9.17, 15) is 4.79 Å². The van der Waals surface area contributed by atoms with Crippen molar-refractivity contribution in [3.8, 4) is 5.75 Å². The van der Waals surface area contributed by atoms with Crippen LogP contribution in [0.4, 0.5) is 0 Å². The van der Waals surface area contributed by atoms with Gasteiger partial charge in [-0.3, -0.25) is 4.79 Å². The van der Waals surface area contributed by atoms with Crippen LogP contribution in [0.5, 0.6) is 5.75 Å². The number of aromatic nitrogens is 2. The number of nitrogens with one attached hydrogen (secondary N) is 1. The van der Waals surface area contributed by atoms with E-state index in [1.165, 1.54) is 12.8 Å². The van der Waals surface area contributed by atoms with Crippen LogP contribution < -0.4 is 10.1 Å². The number of hydrogen-bond acceptors (Lipinski definition) is 3. The fraction of sp³-hybridized carbons (Fsp3) is 0.364. The zero-order valence-electron chi connectivity index (χ0n) is 15.6. The highest BCUT2D eigenvalue weighted by molar-refractivity contribution is 5.94. The summed E-state index contributed by atoms with van der Waals surface area (Å²) in [5.74, 6) is 1.34. The Hall–Kier alpha value is -2.82. The van der Waals surface area contributed by atoms with Gasteiger partial charge >= 0.3 is 0 Å². The number of imidazole rings is 1. The largest absolute Gasteiger partial charge is 0.487 e. The van der Waals surface area contributed by atoms with Gasteiger partial charge in [0.25, 0.3) is 5.91 Å². The van der Waals surface area contributed by atoms with Gasteiger partial charge < -0.3 is 14.5 Å². The molecular weight excluding hydrogens is 338 g/mol. The first kappa shape index (κ1) is 17.6. The normalized spacial score (nSPS) is 19.7. The average Bonchev–Trinajstić information content (AvgIpc) is 3.10. The Labute approximate surface area is 159 Å². The van der Waals surface area contributed by atoms with E-state index in [0.29, 0.717) is 23.8 Å². The number of amides is 1. The third kappa shape index (κ3) is 4.30. The van der Waals surface area contributed by atoms with Gasteiger partial charge in [-0.25, -0.2) is 4.98 Å². The molecule has 2 atom stereocenters. The van der Waals surface area contributed by atoms with Crippen molar-refractivity contribution in [2.75, 3.05) is 0 Å². The zero-order valence-corrected chi connectivity index (χ0v) is 15.6. The molecule has 1 N–H and O–H groups in total. The Morgan fingerprint density at radius 3 is 3.04 bits per heavy atom. The maximum Gasteiger partial charge on any atom is 0.251 e. The molecule has 2 heterocycles. The fourth-order valence-electron chi connectivity index (χ4n) is 3.78. The molecule has 2 unspecified atom stereocenters. The second-order valence-electron chi connectivity index (χ2n) is 7.46. The molecule has 1 aliphatic rings. The molecule has 0 aliphatic heterocycles. The number of carbonyl (C=O) groups is 1. The maximum absolute atomic E-state index is 12.6. The number of hydrogen-bond donors (Lipinski definition) is 1. The molecule has 5 nitrogen and oxygen atoms in total. The lowest BCUT2D eigenvalue weighted by Crippen LogP contribution is -2.37. The average molecular weight is 363 g/mol. The van der Waals surface area contributed by atoms with Crippen molar-refractivity contribution in [1.82, 2.24) is 14.7 Å². The predicted octanol–water partition coefficient (Wildman–Crippen LogP) is 4.22. The minimum absolute atomic E-state index is 0.0210. The molecule has 140 valence electrons. The smallest absolute Gasteiger partial charge is 0.251 e. The molecular formula is C22H25N3O2. The van der Waals surface area contributed by atoms with Crippen molar-refractivity contribution in [1.29, 1.82) is 0 Å². The van der Waals surface area contributed by atoms with Crippen LogP contribution in [0.1, 0.15) is 48.7 Å². The van der Waals surface area contributed by atoms with Gasteiger partial charge in [-0.05, 0) is 49.1 Å². The summed E-state index contributed by atoms with van der Waals surface area (Å²) in [6.07, 6.45) is 8.50. The van der Waals surface area contributed by atoms with E-state index in [4.69, 9.17) is 4.74 Å². The topological polar surface area (TPSA) is 55.6 Å². The number of rotatable bonds is 5. The van der Waals surface area contributed by atoms with Gasteiger partial charge in [0.05, 0.1) is 5.69 Å². The van der Waals surface area contributed by atoms with E-state index in [2.05, 4.69) is 17.2 Å². The van der Waals surface area contributed by atoms with Crippen molar-refractivity contribution >= 4 is 11.6 Å². The molecule has 5 heteroatoms. The summed E-state index contributed by atoms with van der Waals surface area (Å²) in [4.78, 5) is 17.1. The highest BCUT2D eigenvalue weighted by Gasteiger charge is 2.21. The minimum atomic E-state index is -0.0210. The monoisotopic (exact) mass is 363 g/mol. The third-order valence-corrected chi connectivity index (χ3v) is 5.17. The van der Waals surface area contributed by atoms with E-state index < -0.39 is 0 Å². The molecule has 0 saturated heterocycles. The summed E-state index contributed by atoms with van der Waals surface area (Å²) in [5.41, 5.74) is 2.39. The first-order chi connectivity index (χ1) is 13.2. The highest BCUT2D eigenvalue weighted by atomic mass is 16.5. The second kappa shape index (κ2) is 7.82. The van der Waals surface area contributed by atoms with Crippen LogP contribution in [-0.2, 0) is 6.61 Å². The Kier molecular flexibility index (Phi) is 5.10. The molecule has 0 bridgehead atoms. The quantitative estimate of drug-likeness (QED) is 0.738. The van der Waals surface area contributed by atoms with E-state index in [0.717, 1.165) is 24.2 Å². The SMILES string of the molecule is CC1CCCC(NC(=O)c2cccc(OCc3cn4ccccc4n3)c2)C1. The lowest BCUT2D eigenvalue weighted by Gasteiger charge is -2.27. The lowest BCUT2D eigenvalue weighted by atomic mass is 9.87. The fourth-order valence-corrected chi connectivity index (χ4v) is 3.78. The lowest BCUT2D eigenvalue weighted by molar-refractivity contribution is 0.0921. The van der Waals surface area contributed by atoms with Crippen LogP contribution in [-0.4, -0.2) is 21.3 Å². The second-order valence-corrected chi connectivity index (χ2v) is 7.46. The Morgan fingerprint density at radius 1 is 1.26 bits per heavy atom. The van der Waals surface area contributed by atoms with Crippen molar-refractivity contribution in [3.05, 3.63) is 66.1 Å². The minimum Gasteiger partial charge on any atom is -0.487 e. The Bertz CT molecular complexity index is 901. The highest BCUT2D eigenvalue weighted by Crippen LogP contribution is 2.24. The summed E-state index contributed by atoms with van der Waals surface area (Å²) in [5, 5.41) is 3.17. The third-order valence-electron chi connectivity index (χ3n) is 5.17. The standard InChI is InChI=1S/C22H25N3O2/c1-16-6-4-8-18(12-16)24-22(26)17-7-5-9-20(13-17)27-15-19-14-25-11-3-2-10-21(25)23-19/h2-3,5,7,9-11,13-14,16,18H,4,6,8,12,15H2,1H3,(H,24,26). The molecule has 3 aromatic rings. The van der Waals surface area contributed by atoms with Gasteiger partial charge in [-0.15, -0.1) is 0 Å². The van der Waals surface area contributed by atoms with Crippen molar-refractivity contribution in [3.63, 3.8) is 0 Å². The molecule has 0 radical (unpaired) electrons. The van der Waals surface area contributed by atoms with Crippen LogP contribution in [0.3, 0.4) is 0 Å². The van der Waals surface area contributed by atoms with Gasteiger partial charge in [0.1, 0.15) is 18.0 Å². The number of benzene rings is 1. The van der Waals surface area contributed by atoms with Gasteiger partial charge in [0.2, 0.25) is 0 Å². The summed E-state index contributed by atoms with van der Waals surface area (Å²) >= 11 is 0. The summed E-state index contributed by atoms with van der Waals surface area (Å²) in [6.45, 7) is 2.62. The van der Waals surface area contributed by atoms with E-state index in [1.54, 1.807) is 6.07 Å². The number of pyridine rings is 1. The number of fused-ring (bicyclic) bond motifs is 1. The zero-order chi connectivity index (χ0) is 18.6. The van der Waals surface area contributed by atoms with Crippen molar-refractivity contribution in [2.24, 2.45) is 5.92 Å². The van der Waals surface area contributed by atoms with Crippen LogP contribution in [0.25, 0.3) is 5.65 Å². The van der Waals surface area contributed by atoms with E-state index in [-0.39, 0.29) is 11.9 Å². The summed E-state index contributed by atoms with van der Waals surface area (Å²) in [6, 6.07) is 13.5. The molecule has 1 aliphatic carbocycles. The van der Waals surface area contributed by atoms with Gasteiger partial charge in [0, 0.05) is 24.0 Å². The van der Waals surface area contributed by atoms with Gasteiger partial charge in [-0.2, -0.15) is 0 Å². The van der Waals surface area contributed by atoms with Crippen molar-refractivity contribution in [2.45, 2.75) is 45.3 Å². The first-order valence-electron chi connectivity index (χ1n) is 9.64. The number of ether oxygens (including phenoxy) is 1. The number of nitrogens with zero attached hydrogens (tertiary/aromatic N) is 2. The molecule has 1 fully saturated rings. The summed E-state index contributed by atoms with van der Waals surface area (Å²) < 4.78 is 7.83. The Morgan fingerprint density at radius 2 is 2.19 bits per heavy atom. The van der Waals surface area contributed by atoms with Gasteiger partial charge in [-0.1, -0.05) is 31.9 Å². The van der Waals surface area contributed by atoms with Crippen LogP contribution in [0.2, 0.25) is 0 Å². The molecule has 4 rings (SSSR count). The first-order valence-corrected chi connectivity index (χ1v) is 9.64. The Balaban J connectivity index is 1.38. The molecule has 1 amide bonds. The van der Waals surface area contributed by atoms with E-state index in [1.807, 2.05) is 53.2 Å². The molecule has 1 aromatic carbocycles. The van der Waals surface area contributed by atoms with Crippen LogP contribution in [0, 0.1) is 5.92 Å². The van der Waals surface area contributed by atoms with Crippen LogP contribution >= 0.6 is 0 Å². The molecule has 0 spiro atoms. The molecule has 1 saturated carbocycles. The van der Waals surface area contributed by atoms with Gasteiger partial charge in [0.15, 0.2) is 0 Å². The number of carbonyl (C=O) groups excluding carboxylic acids is 1. The predicted molar refractivity (Wildman–Crippen MR) is 105 cm³/mol. The van der Waals surface area contributed by atoms with Crippen LogP contribution in [0.15, 0.2) is 54.9 Å². The molecule has 27 heavy (non-hydrogen) atoms. The van der Waals surface area contributed by atoms with Crippen molar-refractivity contribution < 1.29 is 9.53 Å². The maximum atomic E-state index is 12.6. The summed E-state index contributed by atoms with van der Waals surface area (Å²) in [7, 11) is 0. The molecule has 2 aromatic heterocycles.